The number of nitriles is 1. The van der Waals surface area contributed by atoms with Crippen molar-refractivity contribution >= 4 is 52.9 Å². The van der Waals surface area contributed by atoms with Crippen molar-refractivity contribution < 1.29 is 47.2 Å². The average Bonchev–Trinajstić information content (AvgIpc) is 4.23. The van der Waals surface area contributed by atoms with Gasteiger partial charge in [0, 0.05) is 74.4 Å². The Morgan fingerprint density at radius 3 is 2.36 bits per heavy atom. The van der Waals surface area contributed by atoms with E-state index in [1.807, 2.05) is 0 Å². The smallest absolute Gasteiger partial charge is 0.408 e. The molecule has 9 aliphatic rings. The Hall–Kier alpha value is -7.50. The van der Waals surface area contributed by atoms with Crippen molar-refractivity contribution in [3.05, 3.63) is 65.3 Å². The number of fused-ring (bicyclic) bond motifs is 2. The summed E-state index contributed by atoms with van der Waals surface area (Å²) in [5.41, 5.74) is 2.14. The molecule has 15 rings (SSSR count). The highest BCUT2D eigenvalue weighted by Gasteiger charge is 2.59. The van der Waals surface area contributed by atoms with Gasteiger partial charge in [0.2, 0.25) is 11.6 Å². The van der Waals surface area contributed by atoms with Crippen LogP contribution in [0.2, 0.25) is 0 Å². The predicted octanol–water partition coefficient (Wildman–Crippen LogP) is 3.35. The zero-order chi connectivity index (χ0) is 50.5. The van der Waals surface area contributed by atoms with E-state index in [1.54, 1.807) is 49.1 Å². The maximum atomic E-state index is 15.9. The number of aliphatic hydroxyl groups is 1. The lowest BCUT2D eigenvalue weighted by atomic mass is 9.50. The van der Waals surface area contributed by atoms with Crippen LogP contribution >= 0.6 is 0 Å². The molecular weight excluding hydrogens is 965 g/mol. The van der Waals surface area contributed by atoms with E-state index in [4.69, 9.17) is 29.2 Å². The first kappa shape index (κ1) is 46.3. The average molecular weight is 1020 g/mol. The molecule has 386 valence electrons. The summed E-state index contributed by atoms with van der Waals surface area (Å²) in [5, 5.41) is 46.3. The zero-order valence-electron chi connectivity index (χ0n) is 40.0. The van der Waals surface area contributed by atoms with Crippen molar-refractivity contribution in [3.63, 3.8) is 0 Å². The second-order valence-corrected chi connectivity index (χ2v) is 21.1. The van der Waals surface area contributed by atoms with Gasteiger partial charge in [-0.25, -0.2) is 48.1 Å². The molecule has 74 heavy (non-hydrogen) atoms. The van der Waals surface area contributed by atoms with E-state index in [0.717, 1.165) is 38.5 Å². The molecule has 0 aromatic carbocycles. The van der Waals surface area contributed by atoms with E-state index in [0.29, 0.717) is 73.0 Å². The van der Waals surface area contributed by atoms with Crippen molar-refractivity contribution in [3.8, 4) is 11.8 Å². The fourth-order valence-electron chi connectivity index (χ4n) is 12.0. The van der Waals surface area contributed by atoms with Crippen molar-refractivity contribution in [2.45, 2.75) is 112 Å². The Morgan fingerprint density at radius 1 is 0.919 bits per heavy atom. The number of ether oxygens (including phenoxy) is 3. The number of hydrogen-bond donors (Lipinski definition) is 8. The molecule has 4 bridgehead atoms. The van der Waals surface area contributed by atoms with Crippen LogP contribution in [0.1, 0.15) is 103 Å². The number of aliphatic hydroxyl groups excluding tert-OH is 1. The SMILES string of the molecule is N#Cc1c(CCCO)nc(Nc2cc([C@H]3C[C@@H](F)[C@@H](OC(=O)NC45CC(C4)C5)C3)[nH][n+]2-c2cnc(Nc3cc([C@@H]4OC[C@H](OC(=O)NC56CC(C5)C6)[C@@H]4F)[nH]n3)n3cc(C(=O)N4CCNCC4)nc23)n2ccnc12. The molecule has 6 atom stereocenters. The number of anilines is 4. The Labute approximate surface area is 419 Å². The Bertz CT molecular complexity index is 3220. The number of rotatable bonds is 15. The molecule has 7 saturated carbocycles. The van der Waals surface area contributed by atoms with Crippen LogP contribution in [0.3, 0.4) is 0 Å². The fraction of sp³-hybridized carbons (Fsp3) is 0.542. The first-order chi connectivity index (χ1) is 35.9. The number of alkyl carbamates (subject to hydrolysis) is 2. The van der Waals surface area contributed by atoms with Gasteiger partial charge in [-0.2, -0.15) is 15.3 Å². The van der Waals surface area contributed by atoms with Gasteiger partial charge in [-0.15, -0.1) is 4.68 Å². The third kappa shape index (κ3) is 8.07. The number of aryl methyl sites for hydroxylation is 1. The second kappa shape index (κ2) is 17.9. The molecule has 9 fully saturated rings. The van der Waals surface area contributed by atoms with Crippen molar-refractivity contribution in [1.29, 1.82) is 5.26 Å². The number of halogens is 2. The number of aromatic nitrogens is 10. The van der Waals surface area contributed by atoms with Crippen molar-refractivity contribution in [1.82, 2.24) is 64.9 Å². The molecule has 8 N–H and O–H groups in total. The minimum atomic E-state index is -1.68. The summed E-state index contributed by atoms with van der Waals surface area (Å²) in [6.07, 6.45) is 5.03. The van der Waals surface area contributed by atoms with Crippen LogP contribution in [0, 0.1) is 23.2 Å². The van der Waals surface area contributed by atoms with E-state index in [-0.39, 0.29) is 89.8 Å². The molecule has 3 amide bonds. The lowest BCUT2D eigenvalue weighted by Gasteiger charge is -2.61. The first-order valence-corrected chi connectivity index (χ1v) is 25.3. The van der Waals surface area contributed by atoms with Gasteiger partial charge in [-0.1, -0.05) is 0 Å². The zero-order valence-corrected chi connectivity index (χ0v) is 40.0. The molecule has 6 aromatic rings. The Balaban J connectivity index is 0.836. The lowest BCUT2D eigenvalue weighted by Crippen LogP contribution is -2.68. The highest BCUT2D eigenvalue weighted by Crippen LogP contribution is 2.57. The molecule has 26 heteroatoms. The van der Waals surface area contributed by atoms with Crippen LogP contribution in [0.15, 0.2) is 36.9 Å². The second-order valence-electron chi connectivity index (χ2n) is 21.1. The van der Waals surface area contributed by atoms with E-state index < -0.39 is 48.8 Å². The third-order valence-electron chi connectivity index (χ3n) is 16.1. The summed E-state index contributed by atoms with van der Waals surface area (Å²) in [6.45, 7) is 1.87. The Kier molecular flexibility index (Phi) is 11.2. The van der Waals surface area contributed by atoms with Crippen LogP contribution in [0.4, 0.5) is 41.9 Å². The number of amides is 3. The summed E-state index contributed by atoms with van der Waals surface area (Å²) in [7, 11) is 0. The number of piperazine rings is 1. The summed E-state index contributed by atoms with van der Waals surface area (Å²) >= 11 is 0. The normalized spacial score (nSPS) is 29.4. The number of hydrogen-bond acceptors (Lipinski definition) is 16. The molecule has 7 aliphatic carbocycles. The number of nitrogens with one attached hydrogen (secondary N) is 7. The van der Waals surface area contributed by atoms with Gasteiger partial charge in [0.25, 0.3) is 5.91 Å². The largest absolute Gasteiger partial charge is 0.443 e. The summed E-state index contributed by atoms with van der Waals surface area (Å²) < 4.78 is 53.6. The number of imidazole rings is 2. The molecular formula is C48H54F2N17O7+. The van der Waals surface area contributed by atoms with Crippen LogP contribution in [0.25, 0.3) is 17.0 Å². The predicted molar refractivity (Wildman–Crippen MR) is 253 cm³/mol. The number of H-pyrrole nitrogens is 2. The van der Waals surface area contributed by atoms with E-state index >= 15 is 8.78 Å². The number of alkyl halides is 2. The Morgan fingerprint density at radius 2 is 1.66 bits per heavy atom. The van der Waals surface area contributed by atoms with Gasteiger partial charge in [0.1, 0.15) is 35.7 Å². The minimum absolute atomic E-state index is 0.0469. The molecule has 2 saturated heterocycles. The quantitative estimate of drug-likeness (QED) is 0.0685. The fourth-order valence-corrected chi connectivity index (χ4v) is 12.0. The van der Waals surface area contributed by atoms with E-state index in [9.17, 15) is 24.8 Å². The number of aromatic amines is 2. The molecule has 2 aliphatic heterocycles. The van der Waals surface area contributed by atoms with Crippen LogP contribution in [-0.4, -0.2) is 147 Å². The molecule has 6 aromatic heterocycles. The van der Waals surface area contributed by atoms with Gasteiger partial charge in [-0.05, 0) is 76.0 Å². The van der Waals surface area contributed by atoms with Gasteiger partial charge in [0.05, 0.1) is 36.0 Å². The number of carbonyl (C=O) groups excluding carboxylic acids is 3. The van der Waals surface area contributed by atoms with Gasteiger partial charge >= 0.3 is 24.0 Å². The minimum Gasteiger partial charge on any atom is -0.443 e. The van der Waals surface area contributed by atoms with Crippen molar-refractivity contribution in [2.75, 3.05) is 50.0 Å². The molecule has 0 unspecified atom stereocenters. The maximum Gasteiger partial charge on any atom is 0.408 e. The van der Waals surface area contributed by atoms with Crippen LogP contribution in [-0.2, 0) is 20.6 Å². The topological polar surface area (TPSA) is 295 Å². The molecule has 24 nitrogen and oxygen atoms in total. The first-order valence-electron chi connectivity index (χ1n) is 25.3. The maximum absolute atomic E-state index is 15.9. The van der Waals surface area contributed by atoms with E-state index in [1.165, 1.54) is 6.20 Å². The lowest BCUT2D eigenvalue weighted by molar-refractivity contribution is -0.640. The highest BCUT2D eigenvalue weighted by molar-refractivity contribution is 5.93. The third-order valence-corrected chi connectivity index (χ3v) is 16.1. The summed E-state index contributed by atoms with van der Waals surface area (Å²) in [5.74, 6) is 1.58. The highest BCUT2D eigenvalue weighted by atomic mass is 19.1. The number of carbonyl (C=O) groups is 3. The van der Waals surface area contributed by atoms with Crippen LogP contribution in [0.5, 0.6) is 0 Å². The molecule has 0 radical (unpaired) electrons. The summed E-state index contributed by atoms with van der Waals surface area (Å²) in [4.78, 5) is 60.6. The monoisotopic (exact) mass is 1020 g/mol. The van der Waals surface area contributed by atoms with Gasteiger partial charge in [-0.3, -0.25) is 14.3 Å². The molecule has 0 spiro atoms. The number of nitrogens with zero attached hydrogens (tertiary/aromatic N) is 10. The van der Waals surface area contributed by atoms with Crippen LogP contribution < -0.4 is 31.3 Å². The van der Waals surface area contributed by atoms with Crippen molar-refractivity contribution in [2.24, 2.45) is 11.8 Å². The molecule has 8 heterocycles. The van der Waals surface area contributed by atoms with Gasteiger partial charge in [0.15, 0.2) is 29.4 Å². The van der Waals surface area contributed by atoms with Gasteiger partial charge < -0.3 is 45.5 Å². The van der Waals surface area contributed by atoms with E-state index in [2.05, 4.69) is 52.9 Å². The summed E-state index contributed by atoms with van der Waals surface area (Å²) in [6, 6.07) is 5.57. The standard InChI is InChI=1S/C48H53F2N17O7/c49-28-10-26(11-34(28)73-45(70)59-47-14-24(15-47)16-47)30-13-37(58-44-56-29(2-1-9-68)27(20-51)40-53-5-8-65(40)44)67(63-30)33-21-54-43(66-22-32(55-41(33)66)42(69)64-6-3-52-4-7-64)57-36-12-31(61-62-36)39-38(50)35(23-72-39)74-46(71)60-48-17-25(18-48)19-48/h5,8,12-13,21-22,24-26,28,34-35,38-39,52,68H,1-4,6-7,9-11,14-19,23H2,(H5,53,54,55,56,57,58,59,60,61,62,63,70,71)/p+1/t24?,25?,26-,28+,34-,35-,38-,39-,47?,48?/m0/s1.